The van der Waals surface area contributed by atoms with Crippen LogP contribution in [-0.4, -0.2) is 52.3 Å². The fraction of sp³-hybridized carbons (Fsp3) is 0.240. The Morgan fingerprint density at radius 3 is 2.50 bits per heavy atom. The molecule has 0 bridgehead atoms. The second kappa shape index (κ2) is 9.32. The van der Waals surface area contributed by atoms with Gasteiger partial charge >= 0.3 is 12.0 Å². The van der Waals surface area contributed by atoms with Gasteiger partial charge in [0.05, 0.1) is 35.4 Å². The molecule has 1 aliphatic heterocycles. The van der Waals surface area contributed by atoms with E-state index in [4.69, 9.17) is 26.2 Å². The highest BCUT2D eigenvalue weighted by Gasteiger charge is 2.16. The lowest BCUT2D eigenvalue weighted by atomic mass is 10.0. The van der Waals surface area contributed by atoms with E-state index < -0.39 is 11.9 Å². The number of H-pyrrole nitrogens is 1. The fourth-order valence-electron chi connectivity index (χ4n) is 3.88. The minimum absolute atomic E-state index is 0.275. The largest absolute Gasteiger partial charge is 0.481 e. The molecule has 9 heteroatoms. The first-order valence-electron chi connectivity index (χ1n) is 11.0. The number of fused-ring (bicyclic) bond motifs is 1. The van der Waals surface area contributed by atoms with Crippen LogP contribution in [0, 0.1) is 0 Å². The Morgan fingerprint density at radius 1 is 1.12 bits per heavy atom. The van der Waals surface area contributed by atoms with Crippen LogP contribution in [0.3, 0.4) is 0 Å². The number of pyridine rings is 1. The maximum atomic E-state index is 11.2. The van der Waals surface area contributed by atoms with Crippen molar-refractivity contribution in [3.05, 3.63) is 65.2 Å². The number of morpholine rings is 1. The number of nitrogens with one attached hydrogen (secondary N) is 1. The molecule has 5 rings (SSSR count). The summed E-state index contributed by atoms with van der Waals surface area (Å²) in [6.07, 6.45) is 0. The quantitative estimate of drug-likeness (QED) is 0.397. The number of aromatic amines is 1. The molecule has 8 nitrogen and oxygen atoms in total. The number of nitrogens with zero attached hydrogens (tertiary/aromatic N) is 3. The number of aliphatic carboxylic acids is 1. The summed E-state index contributed by atoms with van der Waals surface area (Å²) in [5.74, 6) is -0.932. The fourth-order valence-corrected chi connectivity index (χ4v) is 4.14. The Hall–Kier alpha value is -3.62. The zero-order valence-corrected chi connectivity index (χ0v) is 19.2. The molecule has 34 heavy (non-hydrogen) atoms. The standard InChI is InChI=1S/C25H23ClN4O4/c1-15(24(31)32)16-4-8-19(9-5-16)34-25-27-21-14-20(26)22(28-23(21)29-25)17-2-6-18(7-3-17)30-10-12-33-13-11-30/h2-9,14-15H,10-13H2,1H3,(H,31,32)(H,27,28,29). The second-order valence-corrected chi connectivity index (χ2v) is 8.52. The predicted molar refractivity (Wildman–Crippen MR) is 130 cm³/mol. The molecule has 0 amide bonds. The first-order valence-corrected chi connectivity index (χ1v) is 11.4. The van der Waals surface area contributed by atoms with Crippen molar-refractivity contribution in [1.82, 2.24) is 15.0 Å². The Balaban J connectivity index is 1.36. The van der Waals surface area contributed by atoms with E-state index in [1.807, 2.05) is 12.1 Å². The van der Waals surface area contributed by atoms with E-state index in [1.54, 1.807) is 37.3 Å². The highest BCUT2D eigenvalue weighted by Crippen LogP contribution is 2.32. The van der Waals surface area contributed by atoms with Gasteiger partial charge in [-0.25, -0.2) is 4.98 Å². The molecule has 1 saturated heterocycles. The zero-order chi connectivity index (χ0) is 23.7. The van der Waals surface area contributed by atoms with Gasteiger partial charge in [-0.2, -0.15) is 4.98 Å². The third kappa shape index (κ3) is 4.55. The Kier molecular flexibility index (Phi) is 6.08. The summed E-state index contributed by atoms with van der Waals surface area (Å²) in [6, 6.07) is 17.1. The van der Waals surface area contributed by atoms with E-state index in [1.165, 1.54) is 0 Å². The number of carbonyl (C=O) groups is 1. The van der Waals surface area contributed by atoms with Gasteiger partial charge in [0.1, 0.15) is 5.75 Å². The molecular weight excluding hydrogens is 456 g/mol. The van der Waals surface area contributed by atoms with E-state index in [0.717, 1.165) is 37.6 Å². The number of imidazole rings is 1. The van der Waals surface area contributed by atoms with Gasteiger partial charge in [0.25, 0.3) is 0 Å². The van der Waals surface area contributed by atoms with Gasteiger partial charge in [-0.1, -0.05) is 35.9 Å². The van der Waals surface area contributed by atoms with Crippen LogP contribution < -0.4 is 9.64 Å². The Bertz CT molecular complexity index is 1320. The third-order valence-electron chi connectivity index (χ3n) is 5.89. The van der Waals surface area contributed by atoms with Crippen molar-refractivity contribution in [2.75, 3.05) is 31.2 Å². The topological polar surface area (TPSA) is 101 Å². The number of rotatable bonds is 6. The number of ether oxygens (including phenoxy) is 2. The van der Waals surface area contributed by atoms with Crippen LogP contribution >= 0.6 is 11.6 Å². The lowest BCUT2D eigenvalue weighted by Crippen LogP contribution is -2.36. The molecule has 1 fully saturated rings. The number of halogens is 1. The number of carboxylic acids is 1. The highest BCUT2D eigenvalue weighted by molar-refractivity contribution is 6.33. The minimum atomic E-state index is -0.875. The lowest BCUT2D eigenvalue weighted by molar-refractivity contribution is -0.138. The number of anilines is 1. The van der Waals surface area contributed by atoms with Crippen LogP contribution in [0.2, 0.25) is 5.02 Å². The van der Waals surface area contributed by atoms with Gasteiger partial charge in [0.15, 0.2) is 5.65 Å². The number of carboxylic acid groups (broad SMARTS) is 1. The van der Waals surface area contributed by atoms with Crippen LogP contribution in [0.1, 0.15) is 18.4 Å². The smallest absolute Gasteiger partial charge is 0.310 e. The monoisotopic (exact) mass is 478 g/mol. The molecule has 1 unspecified atom stereocenters. The molecule has 0 saturated carbocycles. The van der Waals surface area contributed by atoms with Crippen LogP contribution in [0.15, 0.2) is 54.6 Å². The van der Waals surface area contributed by atoms with E-state index in [2.05, 4.69) is 32.0 Å². The summed E-state index contributed by atoms with van der Waals surface area (Å²) in [5, 5.41) is 9.66. The first kappa shape index (κ1) is 22.2. The number of benzene rings is 2. The van der Waals surface area contributed by atoms with Gasteiger partial charge < -0.3 is 24.5 Å². The highest BCUT2D eigenvalue weighted by atomic mass is 35.5. The zero-order valence-electron chi connectivity index (χ0n) is 18.5. The van der Waals surface area contributed by atoms with Crippen LogP contribution in [0.4, 0.5) is 5.69 Å². The molecular formula is C25H23ClN4O4. The summed E-state index contributed by atoms with van der Waals surface area (Å²) < 4.78 is 11.2. The first-order chi connectivity index (χ1) is 16.5. The van der Waals surface area contributed by atoms with E-state index >= 15 is 0 Å². The summed E-state index contributed by atoms with van der Waals surface area (Å²) >= 11 is 6.54. The molecule has 2 aromatic carbocycles. The van der Waals surface area contributed by atoms with Crippen molar-refractivity contribution in [2.24, 2.45) is 0 Å². The average Bonchev–Trinajstić information content (AvgIpc) is 3.25. The molecule has 4 aromatic rings. The molecule has 174 valence electrons. The summed E-state index contributed by atoms with van der Waals surface area (Å²) in [4.78, 5) is 25.6. The molecule has 0 radical (unpaired) electrons. The van der Waals surface area contributed by atoms with Crippen molar-refractivity contribution in [3.8, 4) is 23.0 Å². The molecule has 0 aliphatic carbocycles. The number of aromatic nitrogens is 3. The minimum Gasteiger partial charge on any atom is -0.481 e. The van der Waals surface area contributed by atoms with Crippen LogP contribution in [-0.2, 0) is 9.53 Å². The van der Waals surface area contributed by atoms with Crippen molar-refractivity contribution < 1.29 is 19.4 Å². The van der Waals surface area contributed by atoms with Crippen molar-refractivity contribution >= 4 is 34.4 Å². The van der Waals surface area contributed by atoms with Crippen molar-refractivity contribution in [3.63, 3.8) is 0 Å². The molecule has 1 aliphatic rings. The van der Waals surface area contributed by atoms with Gasteiger partial charge in [0, 0.05) is 24.3 Å². The van der Waals surface area contributed by atoms with Gasteiger partial charge in [0.2, 0.25) is 0 Å². The summed E-state index contributed by atoms with van der Waals surface area (Å²) in [5.41, 5.74) is 4.53. The lowest BCUT2D eigenvalue weighted by Gasteiger charge is -2.28. The third-order valence-corrected chi connectivity index (χ3v) is 6.18. The SMILES string of the molecule is CC(C(=O)O)c1ccc(Oc2nc3nc(-c4ccc(N5CCOCC5)cc4)c(Cl)cc3[nH]2)cc1. The molecule has 2 aromatic heterocycles. The van der Waals surface area contributed by atoms with Gasteiger partial charge in [-0.3, -0.25) is 4.79 Å². The summed E-state index contributed by atoms with van der Waals surface area (Å²) in [7, 11) is 0. The van der Waals surface area contributed by atoms with Crippen molar-refractivity contribution in [2.45, 2.75) is 12.8 Å². The molecule has 1 atom stereocenters. The predicted octanol–water partition coefficient (Wildman–Crippen LogP) is 5.10. The maximum Gasteiger partial charge on any atom is 0.310 e. The maximum absolute atomic E-state index is 11.2. The van der Waals surface area contributed by atoms with Gasteiger partial charge in [-0.15, -0.1) is 0 Å². The molecule has 3 heterocycles. The van der Waals surface area contributed by atoms with Crippen LogP contribution in [0.25, 0.3) is 22.4 Å². The molecule has 2 N–H and O–H groups in total. The van der Waals surface area contributed by atoms with Crippen LogP contribution in [0.5, 0.6) is 11.8 Å². The second-order valence-electron chi connectivity index (χ2n) is 8.11. The Morgan fingerprint density at radius 2 is 1.82 bits per heavy atom. The summed E-state index contributed by atoms with van der Waals surface area (Å²) in [6.45, 7) is 4.87. The van der Waals surface area contributed by atoms with Gasteiger partial charge in [-0.05, 0) is 42.8 Å². The number of hydrogen-bond acceptors (Lipinski definition) is 6. The molecule has 0 spiro atoms. The normalized spacial score (nSPS) is 14.8. The van der Waals surface area contributed by atoms with E-state index in [0.29, 0.717) is 33.2 Å². The van der Waals surface area contributed by atoms with E-state index in [-0.39, 0.29) is 6.01 Å². The average molecular weight is 479 g/mol. The van der Waals surface area contributed by atoms with Crippen molar-refractivity contribution in [1.29, 1.82) is 0 Å². The van der Waals surface area contributed by atoms with E-state index in [9.17, 15) is 4.79 Å². The Labute approximate surface area is 201 Å². The number of hydrogen-bond donors (Lipinski definition) is 2.